The molecule has 0 fully saturated rings. The minimum Gasteiger partial charge on any atom is -0.455 e. The number of fused-ring (bicyclic) bond motifs is 7. The van der Waals surface area contributed by atoms with Gasteiger partial charge in [0.25, 0.3) is 0 Å². The predicted molar refractivity (Wildman–Crippen MR) is 217 cm³/mol. The summed E-state index contributed by atoms with van der Waals surface area (Å²) >= 11 is 0. The van der Waals surface area contributed by atoms with Gasteiger partial charge in [-0.3, -0.25) is 0 Å². The van der Waals surface area contributed by atoms with E-state index in [0.717, 1.165) is 84.8 Å². The SMILES string of the molecule is CC1=CC=C(N(c2ccc(C#N)cc2)c2cc3c4cc(N(c5ccc(C)cc5)c5ccc(C#N)cc5)c5ccccc5c4oc3c3ccccc23)CC1. The van der Waals surface area contributed by atoms with Gasteiger partial charge in [0, 0.05) is 55.1 Å². The van der Waals surface area contributed by atoms with Crippen molar-refractivity contribution in [3.63, 3.8) is 0 Å². The number of benzene rings is 7. The van der Waals surface area contributed by atoms with Crippen molar-refractivity contribution in [3.05, 3.63) is 174 Å². The molecule has 1 aliphatic carbocycles. The summed E-state index contributed by atoms with van der Waals surface area (Å²) in [6, 6.07) is 50.2. The van der Waals surface area contributed by atoms with Crippen LogP contribution in [0.2, 0.25) is 0 Å². The van der Waals surface area contributed by atoms with Crippen LogP contribution in [0.5, 0.6) is 0 Å². The molecule has 0 amide bonds. The highest BCUT2D eigenvalue weighted by atomic mass is 16.3. The zero-order chi connectivity index (χ0) is 36.1. The maximum Gasteiger partial charge on any atom is 0.143 e. The third-order valence-corrected chi connectivity index (χ3v) is 10.3. The third-order valence-electron chi connectivity index (χ3n) is 10.3. The topological polar surface area (TPSA) is 67.2 Å². The van der Waals surface area contributed by atoms with Gasteiger partial charge in [-0.05, 0) is 106 Å². The van der Waals surface area contributed by atoms with Crippen molar-refractivity contribution in [2.45, 2.75) is 26.7 Å². The Morgan fingerprint density at radius 2 is 0.943 bits per heavy atom. The van der Waals surface area contributed by atoms with Crippen LogP contribution in [0, 0.1) is 29.6 Å². The molecular formula is C48H34N4O. The van der Waals surface area contributed by atoms with E-state index >= 15 is 0 Å². The van der Waals surface area contributed by atoms with Crippen LogP contribution in [-0.2, 0) is 0 Å². The average molecular weight is 683 g/mol. The number of furan rings is 1. The van der Waals surface area contributed by atoms with Gasteiger partial charge in [0.15, 0.2) is 0 Å². The molecule has 0 unspecified atom stereocenters. The van der Waals surface area contributed by atoms with Gasteiger partial charge in [-0.2, -0.15) is 10.5 Å². The van der Waals surface area contributed by atoms with Gasteiger partial charge in [-0.1, -0.05) is 77.9 Å². The summed E-state index contributed by atoms with van der Waals surface area (Å²) in [6.07, 6.45) is 6.31. The van der Waals surface area contributed by atoms with Crippen molar-refractivity contribution < 1.29 is 4.42 Å². The molecule has 252 valence electrons. The molecule has 9 rings (SSSR count). The molecule has 53 heavy (non-hydrogen) atoms. The lowest BCUT2D eigenvalue weighted by molar-refractivity contribution is 0.676. The minimum atomic E-state index is 0.615. The van der Waals surface area contributed by atoms with Crippen LogP contribution in [-0.4, -0.2) is 0 Å². The highest BCUT2D eigenvalue weighted by Gasteiger charge is 2.25. The molecule has 0 N–H and O–H groups in total. The first kappa shape index (κ1) is 31.9. The van der Waals surface area contributed by atoms with Crippen molar-refractivity contribution in [2.24, 2.45) is 0 Å². The van der Waals surface area contributed by atoms with Crippen LogP contribution in [0.15, 0.2) is 161 Å². The van der Waals surface area contributed by atoms with Gasteiger partial charge >= 0.3 is 0 Å². The number of allylic oxidation sites excluding steroid dienone is 4. The largest absolute Gasteiger partial charge is 0.455 e. The summed E-state index contributed by atoms with van der Waals surface area (Å²) in [5, 5.41) is 25.4. The van der Waals surface area contributed by atoms with E-state index < -0.39 is 0 Å². The number of nitrogens with zero attached hydrogens (tertiary/aromatic N) is 4. The number of hydrogen-bond acceptors (Lipinski definition) is 5. The molecule has 5 nitrogen and oxygen atoms in total. The fourth-order valence-corrected chi connectivity index (χ4v) is 7.62. The first-order chi connectivity index (χ1) is 26.0. The normalized spacial score (nSPS) is 12.8. The Morgan fingerprint density at radius 1 is 0.491 bits per heavy atom. The second-order valence-electron chi connectivity index (χ2n) is 13.7. The second kappa shape index (κ2) is 12.9. The van der Waals surface area contributed by atoms with Crippen LogP contribution >= 0.6 is 0 Å². The Hall–Kier alpha value is -7.08. The van der Waals surface area contributed by atoms with Crippen molar-refractivity contribution in [3.8, 4) is 12.1 Å². The Bertz CT molecular complexity index is 2860. The highest BCUT2D eigenvalue weighted by Crippen LogP contribution is 2.48. The van der Waals surface area contributed by atoms with Crippen LogP contribution in [0.4, 0.5) is 28.4 Å². The Morgan fingerprint density at radius 3 is 1.42 bits per heavy atom. The lowest BCUT2D eigenvalue weighted by Gasteiger charge is -2.30. The Labute approximate surface area is 308 Å². The van der Waals surface area contributed by atoms with Gasteiger partial charge in [0.05, 0.1) is 34.6 Å². The molecule has 0 atom stereocenters. The zero-order valence-electron chi connectivity index (χ0n) is 29.5. The molecule has 0 saturated carbocycles. The maximum absolute atomic E-state index is 9.61. The van der Waals surface area contributed by atoms with Crippen LogP contribution < -0.4 is 9.80 Å². The predicted octanol–water partition coefficient (Wildman–Crippen LogP) is 13.2. The van der Waals surface area contributed by atoms with E-state index in [9.17, 15) is 10.5 Å². The molecule has 0 bridgehead atoms. The molecule has 0 radical (unpaired) electrons. The van der Waals surface area contributed by atoms with Gasteiger partial charge in [0.1, 0.15) is 11.2 Å². The highest BCUT2D eigenvalue weighted by molar-refractivity contribution is 6.25. The van der Waals surface area contributed by atoms with E-state index in [2.05, 4.69) is 133 Å². The van der Waals surface area contributed by atoms with Crippen molar-refractivity contribution in [2.75, 3.05) is 9.80 Å². The van der Waals surface area contributed by atoms with Gasteiger partial charge in [0.2, 0.25) is 0 Å². The van der Waals surface area contributed by atoms with Gasteiger partial charge in [-0.25, -0.2) is 0 Å². The molecule has 1 aliphatic rings. The summed E-state index contributed by atoms with van der Waals surface area (Å²) in [5.41, 5.74) is 11.7. The van der Waals surface area contributed by atoms with Gasteiger partial charge < -0.3 is 14.2 Å². The lowest BCUT2D eigenvalue weighted by Crippen LogP contribution is -2.18. The van der Waals surface area contributed by atoms with Crippen molar-refractivity contribution >= 4 is 71.9 Å². The standard InChI is InChI=1S/C48H34N4O/c1-31-11-19-35(20-12-31)51(37-23-15-33(29-49)16-24-37)45-27-43-44-28-46(52(36-21-13-32(2)14-22-36)38-25-17-34(30-50)18-26-38)40-8-4-6-10-42(40)48(44)53-47(43)41-9-5-3-7-39(41)45/h3-13,15-21,23-28H,14,22H2,1-2H3. The summed E-state index contributed by atoms with van der Waals surface area (Å²) in [5.74, 6) is 0. The molecule has 1 heterocycles. The van der Waals surface area contributed by atoms with E-state index in [1.54, 1.807) is 0 Å². The lowest BCUT2D eigenvalue weighted by atomic mass is 9.98. The zero-order valence-corrected chi connectivity index (χ0v) is 29.5. The van der Waals surface area contributed by atoms with E-state index in [1.807, 2.05) is 48.5 Å². The smallest absolute Gasteiger partial charge is 0.143 e. The van der Waals surface area contributed by atoms with Crippen LogP contribution in [0.3, 0.4) is 0 Å². The van der Waals surface area contributed by atoms with E-state index in [-0.39, 0.29) is 0 Å². The van der Waals surface area contributed by atoms with E-state index in [4.69, 9.17) is 4.42 Å². The first-order valence-corrected chi connectivity index (χ1v) is 17.8. The quantitative estimate of drug-likeness (QED) is 0.175. The first-order valence-electron chi connectivity index (χ1n) is 17.8. The summed E-state index contributed by atoms with van der Waals surface area (Å²) in [7, 11) is 0. The third kappa shape index (κ3) is 5.48. The van der Waals surface area contributed by atoms with Crippen LogP contribution in [0.25, 0.3) is 43.5 Å². The summed E-state index contributed by atoms with van der Waals surface area (Å²) in [6.45, 7) is 4.27. The average Bonchev–Trinajstić information content (AvgIpc) is 3.59. The number of anilines is 5. The summed E-state index contributed by atoms with van der Waals surface area (Å²) in [4.78, 5) is 4.62. The van der Waals surface area contributed by atoms with Crippen LogP contribution in [0.1, 0.15) is 36.5 Å². The molecule has 7 aromatic carbocycles. The molecule has 1 aromatic heterocycles. The monoisotopic (exact) mass is 682 g/mol. The fourth-order valence-electron chi connectivity index (χ4n) is 7.62. The Balaban J connectivity index is 1.36. The molecule has 0 saturated heterocycles. The molecule has 8 aromatic rings. The van der Waals surface area contributed by atoms with E-state index in [1.165, 1.54) is 16.8 Å². The summed E-state index contributed by atoms with van der Waals surface area (Å²) < 4.78 is 6.97. The van der Waals surface area contributed by atoms with Crippen molar-refractivity contribution in [1.82, 2.24) is 0 Å². The van der Waals surface area contributed by atoms with E-state index in [0.29, 0.717) is 11.1 Å². The molecular weight excluding hydrogens is 649 g/mol. The maximum atomic E-state index is 9.61. The number of hydrogen-bond donors (Lipinski definition) is 0. The minimum absolute atomic E-state index is 0.615. The number of rotatable bonds is 6. The Kier molecular flexibility index (Phi) is 7.76. The molecule has 0 spiro atoms. The number of nitriles is 2. The van der Waals surface area contributed by atoms with Gasteiger partial charge in [-0.15, -0.1) is 0 Å². The fraction of sp³-hybridized carbons (Fsp3) is 0.0833. The van der Waals surface area contributed by atoms with Crippen molar-refractivity contribution in [1.29, 1.82) is 10.5 Å². The molecule has 5 heteroatoms. The molecule has 0 aliphatic heterocycles. The second-order valence-corrected chi connectivity index (χ2v) is 13.7. The number of aryl methyl sites for hydroxylation is 1.